The first-order chi connectivity index (χ1) is 13.1. The van der Waals surface area contributed by atoms with Crippen molar-refractivity contribution in [2.24, 2.45) is 0 Å². The molecule has 3 rings (SSSR count). The van der Waals surface area contributed by atoms with Gasteiger partial charge in [-0.25, -0.2) is 0 Å². The Morgan fingerprint density at radius 2 is 2.00 bits per heavy atom. The predicted octanol–water partition coefficient (Wildman–Crippen LogP) is 2.88. The van der Waals surface area contributed by atoms with Gasteiger partial charge in [0.2, 0.25) is 12.7 Å². The van der Waals surface area contributed by atoms with Crippen molar-refractivity contribution >= 4 is 17.5 Å². The number of amides is 1. The normalized spacial score (nSPS) is 18.7. The largest absolute Gasteiger partial charge is 0.454 e. The smallest absolute Gasteiger partial charge is 0.231 e. The van der Waals surface area contributed by atoms with Crippen LogP contribution in [0.5, 0.6) is 11.5 Å². The Morgan fingerprint density at radius 1 is 1.26 bits per heavy atom. The van der Waals surface area contributed by atoms with Crippen LogP contribution in [-0.2, 0) is 11.3 Å². The van der Waals surface area contributed by atoms with Gasteiger partial charge in [-0.15, -0.1) is 0 Å². The van der Waals surface area contributed by atoms with Gasteiger partial charge >= 0.3 is 0 Å². The summed E-state index contributed by atoms with van der Waals surface area (Å²) in [5, 5.41) is 4.14. The van der Waals surface area contributed by atoms with Gasteiger partial charge in [0.15, 0.2) is 11.5 Å². The van der Waals surface area contributed by atoms with E-state index in [0.29, 0.717) is 35.7 Å². The molecule has 2 heterocycles. The van der Waals surface area contributed by atoms with Crippen LogP contribution in [0, 0.1) is 0 Å². The van der Waals surface area contributed by atoms with Crippen LogP contribution in [0.15, 0.2) is 12.1 Å². The standard InChI is InChI=1S/C20H30ClN3O3/c1-3-23(4-2)9-10-24-16(5-6-20(24)25)7-8-22-13-15-11-18-19(12-17(15)21)27-14-26-18/h11-12,16,22H,3-10,13-14H2,1-2H3/t16-/m0/s1. The van der Waals surface area contributed by atoms with Crippen LogP contribution in [0.2, 0.25) is 5.02 Å². The Morgan fingerprint density at radius 3 is 2.74 bits per heavy atom. The quantitative estimate of drug-likeness (QED) is 0.617. The first-order valence-corrected chi connectivity index (χ1v) is 10.3. The fourth-order valence-electron chi connectivity index (χ4n) is 3.78. The second kappa shape index (κ2) is 9.62. The number of hydrogen-bond acceptors (Lipinski definition) is 5. The average molecular weight is 396 g/mol. The number of hydrogen-bond donors (Lipinski definition) is 1. The summed E-state index contributed by atoms with van der Waals surface area (Å²) in [6.45, 7) is 9.95. The number of nitrogens with zero attached hydrogens (tertiary/aromatic N) is 2. The Kier molecular flexibility index (Phi) is 7.21. The third-order valence-electron chi connectivity index (χ3n) is 5.52. The number of ether oxygens (including phenoxy) is 2. The van der Waals surface area contributed by atoms with Crippen molar-refractivity contribution in [1.29, 1.82) is 0 Å². The lowest BCUT2D eigenvalue weighted by Crippen LogP contribution is -2.41. The number of halogens is 1. The van der Waals surface area contributed by atoms with Crippen molar-refractivity contribution in [3.8, 4) is 11.5 Å². The van der Waals surface area contributed by atoms with Crippen molar-refractivity contribution in [3.63, 3.8) is 0 Å². The van der Waals surface area contributed by atoms with Gasteiger partial charge in [0.1, 0.15) is 0 Å². The van der Waals surface area contributed by atoms with Gasteiger partial charge in [-0.1, -0.05) is 25.4 Å². The molecular formula is C20H30ClN3O3. The number of rotatable bonds is 10. The summed E-state index contributed by atoms with van der Waals surface area (Å²) in [6.07, 6.45) is 2.60. The van der Waals surface area contributed by atoms with Gasteiger partial charge in [-0.3, -0.25) is 4.79 Å². The summed E-state index contributed by atoms with van der Waals surface area (Å²) in [5.41, 5.74) is 1.00. The van der Waals surface area contributed by atoms with Crippen LogP contribution in [0.4, 0.5) is 0 Å². The molecule has 0 aliphatic carbocycles. The van der Waals surface area contributed by atoms with Crippen LogP contribution in [0.3, 0.4) is 0 Å². The van der Waals surface area contributed by atoms with E-state index in [1.54, 1.807) is 0 Å². The molecular weight excluding hydrogens is 366 g/mol. The minimum absolute atomic E-state index is 0.252. The molecule has 1 aromatic rings. The van der Waals surface area contributed by atoms with E-state index in [2.05, 4.69) is 29.0 Å². The first kappa shape index (κ1) is 20.2. The number of likely N-dealkylation sites (N-methyl/N-ethyl adjacent to an activating group) is 1. The number of fused-ring (bicyclic) bond motifs is 1. The van der Waals surface area contributed by atoms with E-state index in [1.165, 1.54) is 0 Å². The van der Waals surface area contributed by atoms with Crippen LogP contribution in [0.1, 0.15) is 38.7 Å². The topological polar surface area (TPSA) is 54.0 Å². The van der Waals surface area contributed by atoms with Crippen molar-refractivity contribution in [1.82, 2.24) is 15.1 Å². The molecule has 0 bridgehead atoms. The monoisotopic (exact) mass is 395 g/mol. The van der Waals surface area contributed by atoms with Gasteiger partial charge in [-0.2, -0.15) is 0 Å². The summed E-state index contributed by atoms with van der Waals surface area (Å²) in [7, 11) is 0. The van der Waals surface area contributed by atoms with Crippen LogP contribution < -0.4 is 14.8 Å². The molecule has 6 nitrogen and oxygen atoms in total. The molecule has 0 unspecified atom stereocenters. The van der Waals surface area contributed by atoms with Gasteiger partial charge < -0.3 is 24.6 Å². The molecule has 1 aromatic carbocycles. The highest BCUT2D eigenvalue weighted by molar-refractivity contribution is 6.31. The Hall–Kier alpha value is -1.50. The summed E-state index contributed by atoms with van der Waals surface area (Å²) < 4.78 is 10.8. The van der Waals surface area contributed by atoms with Crippen LogP contribution >= 0.6 is 11.6 Å². The van der Waals surface area contributed by atoms with Gasteiger partial charge in [0, 0.05) is 43.2 Å². The van der Waals surface area contributed by atoms with Crippen LogP contribution in [-0.4, -0.2) is 61.3 Å². The van der Waals surface area contributed by atoms with E-state index in [9.17, 15) is 4.79 Å². The molecule has 0 radical (unpaired) electrons. The molecule has 0 saturated carbocycles. The number of carbonyl (C=O) groups is 1. The van der Waals surface area contributed by atoms with E-state index < -0.39 is 0 Å². The highest BCUT2D eigenvalue weighted by Crippen LogP contribution is 2.36. The van der Waals surface area contributed by atoms with E-state index in [1.807, 2.05) is 12.1 Å². The second-order valence-electron chi connectivity index (χ2n) is 7.07. The Bertz CT molecular complexity index is 652. The van der Waals surface area contributed by atoms with Gasteiger partial charge in [0.25, 0.3) is 0 Å². The van der Waals surface area contributed by atoms with Gasteiger partial charge in [0.05, 0.1) is 0 Å². The van der Waals surface area contributed by atoms with E-state index >= 15 is 0 Å². The highest BCUT2D eigenvalue weighted by Gasteiger charge is 2.30. The molecule has 150 valence electrons. The fourth-order valence-corrected chi connectivity index (χ4v) is 4.00. The third kappa shape index (κ3) is 5.06. The zero-order valence-corrected chi connectivity index (χ0v) is 17.1. The number of benzene rings is 1. The summed E-state index contributed by atoms with van der Waals surface area (Å²) in [5.74, 6) is 1.75. The zero-order valence-electron chi connectivity index (χ0n) is 16.3. The van der Waals surface area contributed by atoms with Crippen molar-refractivity contribution in [2.45, 2.75) is 45.7 Å². The van der Waals surface area contributed by atoms with Crippen molar-refractivity contribution < 1.29 is 14.3 Å². The lowest BCUT2D eigenvalue weighted by Gasteiger charge is -2.28. The second-order valence-corrected chi connectivity index (χ2v) is 7.48. The molecule has 7 heteroatoms. The molecule has 0 spiro atoms. The summed E-state index contributed by atoms with van der Waals surface area (Å²) in [6, 6.07) is 4.09. The number of nitrogens with one attached hydrogen (secondary N) is 1. The maximum Gasteiger partial charge on any atom is 0.231 e. The molecule has 27 heavy (non-hydrogen) atoms. The lowest BCUT2D eigenvalue weighted by atomic mass is 10.1. The van der Waals surface area contributed by atoms with Crippen molar-refractivity contribution in [2.75, 3.05) is 39.5 Å². The zero-order chi connectivity index (χ0) is 19.2. The predicted molar refractivity (Wildman–Crippen MR) is 106 cm³/mol. The molecule has 1 atom stereocenters. The minimum atomic E-state index is 0.252. The van der Waals surface area contributed by atoms with E-state index in [4.69, 9.17) is 21.1 Å². The molecule has 1 saturated heterocycles. The average Bonchev–Trinajstić information content (AvgIpc) is 3.26. The Labute approximate surface area is 166 Å². The minimum Gasteiger partial charge on any atom is -0.454 e. The molecule has 2 aliphatic rings. The lowest BCUT2D eigenvalue weighted by molar-refractivity contribution is -0.129. The van der Waals surface area contributed by atoms with E-state index in [0.717, 1.165) is 56.9 Å². The fraction of sp³-hybridized carbons (Fsp3) is 0.650. The van der Waals surface area contributed by atoms with Gasteiger partial charge in [-0.05, 0) is 44.1 Å². The maximum absolute atomic E-state index is 12.2. The Balaban J connectivity index is 1.45. The molecule has 1 fully saturated rings. The number of likely N-dealkylation sites (tertiary alicyclic amines) is 1. The summed E-state index contributed by atoms with van der Waals surface area (Å²) in [4.78, 5) is 16.7. The maximum atomic E-state index is 12.2. The molecule has 1 amide bonds. The van der Waals surface area contributed by atoms with Crippen LogP contribution in [0.25, 0.3) is 0 Å². The van der Waals surface area contributed by atoms with E-state index in [-0.39, 0.29) is 6.79 Å². The highest BCUT2D eigenvalue weighted by atomic mass is 35.5. The first-order valence-electron chi connectivity index (χ1n) is 9.93. The number of carbonyl (C=O) groups excluding carboxylic acids is 1. The SMILES string of the molecule is CCN(CC)CCN1C(=O)CC[C@H]1CCNCc1cc2c(cc1Cl)OCO2. The molecule has 0 aromatic heterocycles. The summed E-state index contributed by atoms with van der Waals surface area (Å²) >= 11 is 6.32. The molecule has 1 N–H and O–H groups in total. The third-order valence-corrected chi connectivity index (χ3v) is 5.87. The van der Waals surface area contributed by atoms with Crippen molar-refractivity contribution in [3.05, 3.63) is 22.7 Å². The molecule has 2 aliphatic heterocycles.